The second-order valence-corrected chi connectivity index (χ2v) is 19.0. The molecule has 2 N–H and O–H groups in total. The van der Waals surface area contributed by atoms with Crippen LogP contribution in [0.3, 0.4) is 0 Å². The van der Waals surface area contributed by atoms with E-state index in [1.165, 1.54) is 19.2 Å². The fourth-order valence-corrected chi connectivity index (χ4v) is 11.1. The smallest absolute Gasteiger partial charge is 0.269 e. The Labute approximate surface area is 413 Å². The number of methoxy groups -OCH3 is 1. The summed E-state index contributed by atoms with van der Waals surface area (Å²) in [7, 11) is 1.51. The van der Waals surface area contributed by atoms with Crippen molar-refractivity contribution in [1.82, 2.24) is 4.90 Å². The van der Waals surface area contributed by atoms with Crippen molar-refractivity contribution in [1.29, 1.82) is 0 Å². The van der Waals surface area contributed by atoms with Crippen LogP contribution >= 0.6 is 0 Å². The Morgan fingerprint density at radius 3 is 2.42 bits per heavy atom. The minimum atomic E-state index is -1.48. The molecule has 3 aliphatic carbocycles. The van der Waals surface area contributed by atoms with E-state index in [9.17, 15) is 25.1 Å². The van der Waals surface area contributed by atoms with Crippen molar-refractivity contribution in [3.05, 3.63) is 160 Å². The second kappa shape index (κ2) is 22.0. The average Bonchev–Trinajstić information content (AvgIpc) is 4.25. The molecule has 5 aromatic carbocycles. The summed E-state index contributed by atoms with van der Waals surface area (Å²) in [5.41, 5.74) is 4.37. The van der Waals surface area contributed by atoms with Crippen LogP contribution in [0.2, 0.25) is 0 Å². The third kappa shape index (κ3) is 10.3. The normalized spacial score (nSPS) is 22.6. The van der Waals surface area contributed by atoms with E-state index in [1.54, 1.807) is 36.4 Å². The summed E-state index contributed by atoms with van der Waals surface area (Å²) in [6, 6.07) is 30.6. The fourth-order valence-electron chi connectivity index (χ4n) is 11.1. The fraction of sp³-hybridized carbons (Fsp3) is 0.386. The average molecular weight is 964 g/mol. The van der Waals surface area contributed by atoms with Crippen LogP contribution in [-0.2, 0) is 27.5 Å². The third-order valence-corrected chi connectivity index (χ3v) is 14.6. The first-order chi connectivity index (χ1) is 34.7. The molecule has 0 radical (unpaired) electrons. The van der Waals surface area contributed by atoms with Crippen LogP contribution in [0.5, 0.6) is 23.0 Å². The number of benzene rings is 5. The second-order valence-electron chi connectivity index (χ2n) is 19.0. The number of hydrogen-bond acceptors (Lipinski definition) is 12. The van der Waals surface area contributed by atoms with Crippen LogP contribution in [0, 0.1) is 33.8 Å². The largest absolute Gasteiger partial charge is 0.496 e. The molecule has 71 heavy (non-hydrogen) atoms. The monoisotopic (exact) mass is 963 g/mol. The van der Waals surface area contributed by atoms with Crippen LogP contribution in [-0.4, -0.2) is 76.7 Å². The molecule has 14 nitrogen and oxygen atoms in total. The zero-order valence-electron chi connectivity index (χ0n) is 40.0. The highest BCUT2D eigenvalue weighted by atomic mass is 16.7. The van der Waals surface area contributed by atoms with Gasteiger partial charge < -0.3 is 38.9 Å². The lowest BCUT2D eigenvalue weighted by Crippen LogP contribution is -2.70. The molecule has 0 aromatic heterocycles. The molecule has 0 saturated heterocycles. The number of non-ortho nitro benzene ring substituents is 1. The van der Waals surface area contributed by atoms with Crippen molar-refractivity contribution < 1.29 is 48.5 Å². The van der Waals surface area contributed by atoms with Gasteiger partial charge in [0.05, 0.1) is 35.8 Å². The van der Waals surface area contributed by atoms with E-state index >= 15 is 4.79 Å². The molecule has 5 aromatic rings. The topological polar surface area (TPSA) is 179 Å². The van der Waals surface area contributed by atoms with E-state index < -0.39 is 22.7 Å². The third-order valence-electron chi connectivity index (χ3n) is 14.6. The van der Waals surface area contributed by atoms with Crippen molar-refractivity contribution in [3.63, 3.8) is 0 Å². The maximum atomic E-state index is 15.2. The Hall–Kier alpha value is -6.87. The lowest BCUT2D eigenvalue weighted by atomic mass is 9.55. The number of nitrogens with zero attached hydrogens (tertiary/aromatic N) is 3. The molecule has 0 spiro atoms. The summed E-state index contributed by atoms with van der Waals surface area (Å²) in [5.74, 6) is -0.609. The number of unbranched alkanes of at least 4 members (excludes halogenated alkanes) is 2. The number of fused-ring (bicyclic) bond motifs is 3. The number of oxime groups is 1. The molecule has 370 valence electrons. The van der Waals surface area contributed by atoms with Crippen molar-refractivity contribution in [2.45, 2.75) is 88.7 Å². The molecule has 4 aliphatic rings. The van der Waals surface area contributed by atoms with Crippen LogP contribution in [0.1, 0.15) is 90.8 Å². The van der Waals surface area contributed by atoms with Crippen molar-refractivity contribution in [2.75, 3.05) is 26.9 Å². The standard InChI is InChI=1S/C57H61N3O11/c1-3-29-68-57-53(59(56(64)39-19-20-39)34-41-14-10-13-38-11-4-5-15-46(38)41)33-50(58-69-36-37-17-21-43(22-18-37)60(65)66)48-31-40(12-6-8-27-61)47(16-7-9-28-62)54(55(48)57)49-32-45(24-26-52(49)71-57)70-44-23-25-51(67-2)42(30-44)35-63/h3-5,10-11,13-15,17-18,21-26,30-32,35,39-40,47,53-55,61-62H,1,6-9,12,16,19-20,27-29,33-34,36H2,2H3. The highest BCUT2D eigenvalue weighted by Gasteiger charge is 2.66. The lowest BCUT2D eigenvalue weighted by molar-refractivity contribution is -0.384. The number of aliphatic hydroxyl groups excluding tert-OH is 2. The number of ether oxygens (including phenoxy) is 4. The van der Waals surface area contributed by atoms with Crippen LogP contribution < -0.4 is 14.2 Å². The van der Waals surface area contributed by atoms with E-state index in [1.807, 2.05) is 41.3 Å². The number of carbonyl (C=O) groups excluding carboxylic acids is 2. The van der Waals surface area contributed by atoms with Crippen LogP contribution in [0.25, 0.3) is 10.8 Å². The Morgan fingerprint density at radius 1 is 0.944 bits per heavy atom. The molecule has 9 rings (SSSR count). The number of nitro benzene ring substituents is 1. The SMILES string of the molecule is C=CCOC12Oc3ccc(Oc4ccc(OC)c(C=O)c4)cc3C3C(CCCCO)C(CCCCO)C=C(C(=NOCc4ccc([N+](=O)[O-])cc4)CC1N(Cc1cccc4ccccc14)C(=O)C1CC1)C32. The summed E-state index contributed by atoms with van der Waals surface area (Å²) in [6.07, 6.45) is 10.7. The molecule has 1 heterocycles. The first kappa shape index (κ1) is 49.1. The molecule has 0 bridgehead atoms. The van der Waals surface area contributed by atoms with Gasteiger partial charge in [0.2, 0.25) is 11.7 Å². The van der Waals surface area contributed by atoms with Gasteiger partial charge in [-0.2, -0.15) is 0 Å². The number of amides is 1. The number of rotatable bonds is 23. The molecule has 1 aliphatic heterocycles. The van der Waals surface area contributed by atoms with Crippen molar-refractivity contribution in [3.8, 4) is 23.0 Å². The molecule has 6 unspecified atom stereocenters. The zero-order valence-corrected chi connectivity index (χ0v) is 40.0. The maximum Gasteiger partial charge on any atom is 0.269 e. The highest BCUT2D eigenvalue weighted by molar-refractivity contribution is 6.03. The van der Waals surface area contributed by atoms with Gasteiger partial charge in [-0.05, 0) is 126 Å². The Balaban J connectivity index is 1.24. The molecule has 6 atom stereocenters. The number of allylic oxidation sites excluding steroid dienone is 1. The molecule has 14 heteroatoms. The lowest BCUT2D eigenvalue weighted by Gasteiger charge is -2.60. The molecule has 1 amide bonds. The number of nitro groups is 1. The predicted molar refractivity (Wildman–Crippen MR) is 269 cm³/mol. The number of carbonyl (C=O) groups is 2. The molecule has 2 fully saturated rings. The summed E-state index contributed by atoms with van der Waals surface area (Å²) in [4.78, 5) is 46.5. The van der Waals surface area contributed by atoms with Gasteiger partial charge in [0.25, 0.3) is 5.69 Å². The highest BCUT2D eigenvalue weighted by Crippen LogP contribution is 2.62. The minimum absolute atomic E-state index is 0.00385. The Kier molecular flexibility index (Phi) is 15.3. The zero-order chi connectivity index (χ0) is 49.5. The molecule has 2 saturated carbocycles. The summed E-state index contributed by atoms with van der Waals surface area (Å²) in [5, 5.41) is 38.7. The Bertz CT molecular complexity index is 2800. The van der Waals surface area contributed by atoms with E-state index in [2.05, 4.69) is 36.9 Å². The van der Waals surface area contributed by atoms with Crippen molar-refractivity contribution in [2.24, 2.45) is 28.8 Å². The van der Waals surface area contributed by atoms with E-state index in [0.717, 1.165) is 72.3 Å². The van der Waals surface area contributed by atoms with Gasteiger partial charge in [-0.1, -0.05) is 72.6 Å². The van der Waals surface area contributed by atoms with E-state index in [-0.39, 0.29) is 74.7 Å². The van der Waals surface area contributed by atoms with Gasteiger partial charge in [0.15, 0.2) is 6.29 Å². The van der Waals surface area contributed by atoms with Crippen LogP contribution in [0.15, 0.2) is 133 Å². The first-order valence-electron chi connectivity index (χ1n) is 24.7. The van der Waals surface area contributed by atoms with Crippen molar-refractivity contribution >= 4 is 34.4 Å². The first-order valence-corrected chi connectivity index (χ1v) is 24.7. The van der Waals surface area contributed by atoms with Gasteiger partial charge >= 0.3 is 0 Å². The summed E-state index contributed by atoms with van der Waals surface area (Å²) < 4.78 is 26.7. The molecular formula is C57H61N3O11. The van der Waals surface area contributed by atoms with Gasteiger partial charge in [-0.25, -0.2) is 0 Å². The molecular weight excluding hydrogens is 903 g/mol. The van der Waals surface area contributed by atoms with Gasteiger partial charge in [0, 0.05) is 55.7 Å². The number of hydrogen-bond donors (Lipinski definition) is 2. The number of aliphatic hydroxyl groups is 2. The van der Waals surface area contributed by atoms with Gasteiger partial charge in [-0.3, -0.25) is 19.7 Å². The Morgan fingerprint density at radius 2 is 1.69 bits per heavy atom. The predicted octanol–water partition coefficient (Wildman–Crippen LogP) is 10.6. The van der Waals surface area contributed by atoms with Gasteiger partial charge in [0.1, 0.15) is 35.6 Å². The quantitative estimate of drug-likeness (QED) is 0.0209. The van der Waals surface area contributed by atoms with Gasteiger partial charge in [-0.15, -0.1) is 6.58 Å². The number of aldehydes is 1. The van der Waals surface area contributed by atoms with Crippen LogP contribution in [0.4, 0.5) is 5.69 Å². The summed E-state index contributed by atoms with van der Waals surface area (Å²) in [6.45, 7) is 4.60. The van der Waals surface area contributed by atoms with E-state index in [0.29, 0.717) is 52.7 Å². The van der Waals surface area contributed by atoms with E-state index in [4.69, 9.17) is 28.9 Å². The minimum Gasteiger partial charge on any atom is -0.496 e. The maximum absolute atomic E-state index is 15.2. The summed E-state index contributed by atoms with van der Waals surface area (Å²) >= 11 is 0.